The minimum Gasteiger partial charge on any atom is -0.475 e. The molecule has 3 N–H and O–H groups in total. The van der Waals surface area contributed by atoms with Crippen LogP contribution in [-0.4, -0.2) is 31.0 Å². The lowest BCUT2D eigenvalue weighted by Gasteiger charge is -2.09. The van der Waals surface area contributed by atoms with Gasteiger partial charge in [-0.15, -0.1) is 0 Å². The monoisotopic (exact) mass is 361 g/mol. The van der Waals surface area contributed by atoms with E-state index in [2.05, 4.69) is 15.0 Å². The van der Waals surface area contributed by atoms with Gasteiger partial charge in [-0.25, -0.2) is 15.0 Å². The van der Waals surface area contributed by atoms with Gasteiger partial charge in [0, 0.05) is 24.0 Å². The van der Waals surface area contributed by atoms with Crippen molar-refractivity contribution in [3.8, 4) is 28.4 Å². The van der Waals surface area contributed by atoms with E-state index in [-0.39, 0.29) is 6.10 Å². The smallest absolute Gasteiger partial charge is 0.213 e. The molecule has 0 fully saturated rings. The van der Waals surface area contributed by atoms with Crippen molar-refractivity contribution in [3.05, 3.63) is 54.9 Å². The van der Waals surface area contributed by atoms with Crippen molar-refractivity contribution in [2.75, 3.05) is 5.73 Å². The minimum atomic E-state index is 0.0711. The van der Waals surface area contributed by atoms with E-state index in [9.17, 15) is 5.21 Å². The molecule has 7 nitrogen and oxygen atoms in total. The Kier molecular flexibility index (Phi) is 4.12. The van der Waals surface area contributed by atoms with Crippen LogP contribution in [0.3, 0.4) is 0 Å². The van der Waals surface area contributed by atoms with Crippen LogP contribution in [0.4, 0.5) is 5.82 Å². The van der Waals surface area contributed by atoms with E-state index < -0.39 is 0 Å². The number of fused-ring (bicyclic) bond motifs is 1. The average Bonchev–Trinajstić information content (AvgIpc) is 2.98. The Morgan fingerprint density at radius 2 is 1.89 bits per heavy atom. The van der Waals surface area contributed by atoms with E-state index >= 15 is 0 Å². The van der Waals surface area contributed by atoms with Crippen LogP contribution >= 0.6 is 0 Å². The highest BCUT2D eigenvalue weighted by molar-refractivity contribution is 5.86. The molecule has 0 aliphatic heterocycles. The number of nitrogen functional groups attached to an aromatic ring is 1. The van der Waals surface area contributed by atoms with E-state index in [0.29, 0.717) is 34.1 Å². The van der Waals surface area contributed by atoms with Crippen molar-refractivity contribution >= 4 is 16.9 Å². The largest absolute Gasteiger partial charge is 0.475 e. The molecule has 7 heteroatoms. The number of pyridine rings is 2. The van der Waals surface area contributed by atoms with Gasteiger partial charge >= 0.3 is 0 Å². The molecular weight excluding hydrogens is 342 g/mol. The molecule has 0 radical (unpaired) electrons. The number of nitrogens with zero attached hydrogens (tertiary/aromatic N) is 4. The summed E-state index contributed by atoms with van der Waals surface area (Å²) in [6.45, 7) is 3.91. The fourth-order valence-electron chi connectivity index (χ4n) is 2.89. The summed E-state index contributed by atoms with van der Waals surface area (Å²) in [5.74, 6) is 1.25. The summed E-state index contributed by atoms with van der Waals surface area (Å²) in [6.07, 6.45) is 3.42. The first-order valence-corrected chi connectivity index (χ1v) is 8.58. The highest BCUT2D eigenvalue weighted by Crippen LogP contribution is 2.29. The van der Waals surface area contributed by atoms with E-state index in [1.807, 2.05) is 44.2 Å². The number of aromatic nitrogens is 4. The van der Waals surface area contributed by atoms with Crippen LogP contribution in [0.15, 0.2) is 54.9 Å². The first-order chi connectivity index (χ1) is 13.0. The molecule has 0 aliphatic rings. The van der Waals surface area contributed by atoms with Crippen LogP contribution in [-0.2, 0) is 0 Å². The van der Waals surface area contributed by atoms with Gasteiger partial charge in [-0.2, -0.15) is 4.73 Å². The standard InChI is InChI=1S/C20H19N5O2/c1-12(2)27-18-8-6-14(11-23-18)13-5-7-16-17(10-13)25(26)20(24-16)15-4-3-9-22-19(15)21/h3-12,26H,1-2H3,(H2,21,22). The maximum Gasteiger partial charge on any atom is 0.213 e. The molecule has 0 amide bonds. The number of hydrogen-bond donors (Lipinski definition) is 2. The molecule has 0 atom stereocenters. The third-order valence-electron chi connectivity index (χ3n) is 4.14. The summed E-state index contributed by atoms with van der Waals surface area (Å²) in [4.78, 5) is 12.9. The fourth-order valence-corrected chi connectivity index (χ4v) is 2.89. The van der Waals surface area contributed by atoms with Crippen molar-refractivity contribution in [1.82, 2.24) is 19.7 Å². The van der Waals surface area contributed by atoms with Crippen LogP contribution in [0.5, 0.6) is 5.88 Å². The molecule has 4 aromatic rings. The lowest BCUT2D eigenvalue weighted by molar-refractivity contribution is 0.203. The van der Waals surface area contributed by atoms with Crippen LogP contribution in [0.2, 0.25) is 0 Å². The van der Waals surface area contributed by atoms with Gasteiger partial charge in [-0.1, -0.05) is 6.07 Å². The van der Waals surface area contributed by atoms with E-state index in [1.54, 1.807) is 24.5 Å². The molecule has 136 valence electrons. The van der Waals surface area contributed by atoms with E-state index in [4.69, 9.17) is 10.5 Å². The van der Waals surface area contributed by atoms with Crippen molar-refractivity contribution in [1.29, 1.82) is 0 Å². The van der Waals surface area contributed by atoms with Crippen molar-refractivity contribution in [2.24, 2.45) is 0 Å². The maximum atomic E-state index is 10.6. The number of ether oxygens (including phenoxy) is 1. The number of benzene rings is 1. The predicted octanol–water partition coefficient (Wildman–Crippen LogP) is 3.77. The third kappa shape index (κ3) is 3.15. The van der Waals surface area contributed by atoms with Crippen LogP contribution in [0.1, 0.15) is 13.8 Å². The topological polar surface area (TPSA) is 99.1 Å². The summed E-state index contributed by atoms with van der Waals surface area (Å²) < 4.78 is 6.61. The highest BCUT2D eigenvalue weighted by Gasteiger charge is 2.15. The SMILES string of the molecule is CC(C)Oc1ccc(-c2ccc3nc(-c4cccnc4N)n(O)c3c2)cn1. The van der Waals surface area contributed by atoms with Crippen molar-refractivity contribution in [3.63, 3.8) is 0 Å². The van der Waals surface area contributed by atoms with Gasteiger partial charge in [0.2, 0.25) is 5.88 Å². The molecule has 27 heavy (non-hydrogen) atoms. The number of rotatable bonds is 4. The van der Waals surface area contributed by atoms with Crippen molar-refractivity contribution in [2.45, 2.75) is 20.0 Å². The molecule has 3 heterocycles. The number of hydrogen-bond acceptors (Lipinski definition) is 6. The quantitative estimate of drug-likeness (QED) is 0.537. The molecule has 4 rings (SSSR count). The minimum absolute atomic E-state index is 0.0711. The Morgan fingerprint density at radius 3 is 2.59 bits per heavy atom. The molecule has 1 aromatic carbocycles. The first kappa shape index (κ1) is 16.8. The Labute approximate surface area is 156 Å². The van der Waals surface area contributed by atoms with Gasteiger partial charge in [0.15, 0.2) is 5.82 Å². The second-order valence-corrected chi connectivity index (χ2v) is 6.44. The van der Waals surface area contributed by atoms with E-state index in [0.717, 1.165) is 15.9 Å². The fraction of sp³-hybridized carbons (Fsp3) is 0.150. The van der Waals surface area contributed by atoms with Gasteiger partial charge in [-0.05, 0) is 49.7 Å². The van der Waals surface area contributed by atoms with Crippen molar-refractivity contribution < 1.29 is 9.94 Å². The molecule has 0 saturated carbocycles. The maximum absolute atomic E-state index is 10.6. The molecule has 0 saturated heterocycles. The lowest BCUT2D eigenvalue weighted by Crippen LogP contribution is -2.06. The van der Waals surface area contributed by atoms with Crippen LogP contribution in [0.25, 0.3) is 33.5 Å². The Balaban J connectivity index is 1.74. The normalized spacial score (nSPS) is 11.2. The van der Waals surface area contributed by atoms with Gasteiger partial charge in [-0.3, -0.25) is 0 Å². The Hall–Kier alpha value is -3.61. The zero-order valence-corrected chi connectivity index (χ0v) is 15.0. The summed E-state index contributed by atoms with van der Waals surface area (Å²) >= 11 is 0. The van der Waals surface area contributed by atoms with Crippen LogP contribution in [0, 0.1) is 0 Å². The van der Waals surface area contributed by atoms with Crippen LogP contribution < -0.4 is 10.5 Å². The summed E-state index contributed by atoms with van der Waals surface area (Å²) in [5.41, 5.74) is 9.55. The summed E-state index contributed by atoms with van der Waals surface area (Å²) in [6, 6.07) is 12.9. The summed E-state index contributed by atoms with van der Waals surface area (Å²) in [7, 11) is 0. The molecule has 0 unspecified atom stereocenters. The van der Waals surface area contributed by atoms with E-state index in [1.165, 1.54) is 0 Å². The first-order valence-electron chi connectivity index (χ1n) is 8.58. The van der Waals surface area contributed by atoms with Gasteiger partial charge < -0.3 is 15.7 Å². The average molecular weight is 361 g/mol. The second kappa shape index (κ2) is 6.60. The molecule has 0 aliphatic carbocycles. The number of anilines is 1. The number of imidazole rings is 1. The van der Waals surface area contributed by atoms with Gasteiger partial charge in [0.05, 0.1) is 17.2 Å². The zero-order chi connectivity index (χ0) is 19.0. The van der Waals surface area contributed by atoms with Gasteiger partial charge in [0.25, 0.3) is 0 Å². The molecule has 0 bridgehead atoms. The zero-order valence-electron chi connectivity index (χ0n) is 15.0. The predicted molar refractivity (Wildman–Crippen MR) is 104 cm³/mol. The molecule has 3 aromatic heterocycles. The summed E-state index contributed by atoms with van der Waals surface area (Å²) in [5, 5.41) is 10.6. The van der Waals surface area contributed by atoms with Gasteiger partial charge in [0.1, 0.15) is 11.3 Å². The highest BCUT2D eigenvalue weighted by atomic mass is 16.5. The third-order valence-corrected chi connectivity index (χ3v) is 4.14. The Morgan fingerprint density at radius 1 is 1.07 bits per heavy atom. The Bertz CT molecular complexity index is 1100. The molecular formula is C20H19N5O2. The lowest BCUT2D eigenvalue weighted by atomic mass is 10.1. The molecule has 0 spiro atoms. The second-order valence-electron chi connectivity index (χ2n) is 6.44. The number of nitrogens with two attached hydrogens (primary N) is 1.